The van der Waals surface area contributed by atoms with Gasteiger partial charge in [0.1, 0.15) is 5.82 Å². The first-order valence-electron chi connectivity index (χ1n) is 10.2. The highest BCUT2D eigenvalue weighted by atomic mass is 35.5. The largest absolute Gasteiger partial charge is 0.337 e. The lowest BCUT2D eigenvalue weighted by molar-refractivity contribution is -0.117. The van der Waals surface area contributed by atoms with Crippen LogP contribution in [0.4, 0.5) is 5.82 Å². The molecule has 162 valence electrons. The van der Waals surface area contributed by atoms with Crippen LogP contribution in [0.5, 0.6) is 0 Å². The molecule has 7 nitrogen and oxygen atoms in total. The Morgan fingerprint density at radius 3 is 2.77 bits per heavy atom. The molecule has 3 aromatic rings. The zero-order valence-corrected chi connectivity index (χ0v) is 18.6. The van der Waals surface area contributed by atoms with Crippen LogP contribution in [0.2, 0.25) is 5.02 Å². The van der Waals surface area contributed by atoms with Crippen molar-refractivity contribution in [3.63, 3.8) is 0 Å². The van der Waals surface area contributed by atoms with Crippen LogP contribution in [0.25, 0.3) is 0 Å². The van der Waals surface area contributed by atoms with E-state index < -0.39 is 0 Å². The van der Waals surface area contributed by atoms with E-state index in [1.165, 1.54) is 11.3 Å². The second-order valence-corrected chi connectivity index (χ2v) is 8.63. The lowest BCUT2D eigenvalue weighted by atomic mass is 10.2. The molecule has 0 saturated carbocycles. The third-order valence-corrected chi connectivity index (χ3v) is 6.33. The molecular formula is C22H24ClN5O2S. The maximum absolute atomic E-state index is 12.7. The first-order valence-corrected chi connectivity index (χ1v) is 11.5. The molecule has 4 rings (SSSR count). The van der Waals surface area contributed by atoms with Gasteiger partial charge in [0.2, 0.25) is 5.91 Å². The Bertz CT molecular complexity index is 1040. The SMILES string of the molecule is O=C(CN1CCCN(C(=O)c2ccsc2)CC1)Nc1ccnn1Cc1ccccc1Cl. The molecule has 3 heterocycles. The third-order valence-electron chi connectivity index (χ3n) is 5.27. The van der Waals surface area contributed by atoms with E-state index in [0.717, 1.165) is 24.1 Å². The monoisotopic (exact) mass is 457 g/mol. The number of aromatic nitrogens is 2. The number of carbonyl (C=O) groups is 2. The second-order valence-electron chi connectivity index (χ2n) is 7.45. The minimum Gasteiger partial charge on any atom is -0.337 e. The predicted octanol–water partition coefficient (Wildman–Crippen LogP) is 3.43. The molecule has 2 amide bonds. The number of halogens is 1. The highest BCUT2D eigenvalue weighted by molar-refractivity contribution is 7.08. The van der Waals surface area contributed by atoms with E-state index in [1.807, 2.05) is 46.0 Å². The van der Waals surface area contributed by atoms with E-state index in [2.05, 4.69) is 15.3 Å². The molecule has 1 aliphatic rings. The van der Waals surface area contributed by atoms with Crippen molar-refractivity contribution in [2.24, 2.45) is 0 Å². The molecule has 1 aliphatic heterocycles. The average Bonchev–Trinajstić information content (AvgIpc) is 3.39. The van der Waals surface area contributed by atoms with Gasteiger partial charge in [0.15, 0.2) is 0 Å². The van der Waals surface area contributed by atoms with Crippen LogP contribution < -0.4 is 5.32 Å². The van der Waals surface area contributed by atoms with E-state index in [-0.39, 0.29) is 18.4 Å². The molecule has 31 heavy (non-hydrogen) atoms. The van der Waals surface area contributed by atoms with Crippen LogP contribution >= 0.6 is 22.9 Å². The summed E-state index contributed by atoms with van der Waals surface area (Å²) < 4.78 is 1.72. The topological polar surface area (TPSA) is 70.5 Å². The molecule has 0 unspecified atom stereocenters. The van der Waals surface area contributed by atoms with Crippen LogP contribution in [0, 0.1) is 0 Å². The third kappa shape index (κ3) is 5.52. The number of amides is 2. The lowest BCUT2D eigenvalue weighted by Crippen LogP contribution is -2.38. The second kappa shape index (κ2) is 10.1. The zero-order valence-electron chi connectivity index (χ0n) is 17.0. The molecule has 1 fully saturated rings. The van der Waals surface area contributed by atoms with Crippen LogP contribution in [0.1, 0.15) is 22.3 Å². The van der Waals surface area contributed by atoms with Gasteiger partial charge in [-0.3, -0.25) is 14.5 Å². The number of thiophene rings is 1. The van der Waals surface area contributed by atoms with Gasteiger partial charge in [-0.05, 0) is 29.5 Å². The van der Waals surface area contributed by atoms with Crippen molar-refractivity contribution in [3.05, 3.63) is 69.5 Å². The molecule has 0 radical (unpaired) electrons. The van der Waals surface area contributed by atoms with Gasteiger partial charge in [-0.1, -0.05) is 29.8 Å². The van der Waals surface area contributed by atoms with Gasteiger partial charge in [0.05, 0.1) is 24.8 Å². The molecule has 1 aromatic carbocycles. The van der Waals surface area contributed by atoms with Gasteiger partial charge in [0.25, 0.3) is 5.91 Å². The number of rotatable bonds is 6. The fraction of sp³-hybridized carbons (Fsp3) is 0.318. The summed E-state index contributed by atoms with van der Waals surface area (Å²) in [5.74, 6) is 0.601. The Morgan fingerprint density at radius 1 is 1.10 bits per heavy atom. The van der Waals surface area contributed by atoms with Crippen LogP contribution in [0.15, 0.2) is 53.4 Å². The number of hydrogen-bond donors (Lipinski definition) is 1. The molecule has 0 aliphatic carbocycles. The number of carbonyl (C=O) groups excluding carboxylic acids is 2. The van der Waals surface area contributed by atoms with Crippen LogP contribution in [-0.4, -0.2) is 64.1 Å². The first kappa shape index (κ1) is 21.5. The van der Waals surface area contributed by atoms with Crippen molar-refractivity contribution >= 4 is 40.6 Å². The zero-order chi connectivity index (χ0) is 21.6. The van der Waals surface area contributed by atoms with Gasteiger partial charge in [-0.25, -0.2) is 4.68 Å². The number of nitrogens with zero attached hydrogens (tertiary/aromatic N) is 4. The summed E-state index contributed by atoms with van der Waals surface area (Å²) in [6.07, 6.45) is 2.50. The molecule has 9 heteroatoms. The van der Waals surface area contributed by atoms with Gasteiger partial charge in [0, 0.05) is 42.6 Å². The molecule has 2 aromatic heterocycles. The van der Waals surface area contributed by atoms with Gasteiger partial charge < -0.3 is 10.2 Å². The van der Waals surface area contributed by atoms with Crippen molar-refractivity contribution in [3.8, 4) is 0 Å². The summed E-state index contributed by atoms with van der Waals surface area (Å²) in [6, 6.07) is 11.2. The van der Waals surface area contributed by atoms with Crippen molar-refractivity contribution in [2.75, 3.05) is 38.0 Å². The maximum atomic E-state index is 12.7. The summed E-state index contributed by atoms with van der Waals surface area (Å²) in [7, 11) is 0. The van der Waals surface area contributed by atoms with E-state index in [4.69, 9.17) is 11.6 Å². The van der Waals surface area contributed by atoms with E-state index in [9.17, 15) is 9.59 Å². The molecule has 1 saturated heterocycles. The van der Waals surface area contributed by atoms with Gasteiger partial charge in [-0.2, -0.15) is 16.4 Å². The molecule has 0 spiro atoms. The summed E-state index contributed by atoms with van der Waals surface area (Å²) in [6.45, 7) is 3.52. The van der Waals surface area contributed by atoms with E-state index >= 15 is 0 Å². The normalized spacial score (nSPS) is 14.9. The Hall–Kier alpha value is -2.68. The maximum Gasteiger partial charge on any atom is 0.254 e. The quantitative estimate of drug-likeness (QED) is 0.615. The van der Waals surface area contributed by atoms with Crippen LogP contribution in [0.3, 0.4) is 0 Å². The predicted molar refractivity (Wildman–Crippen MR) is 123 cm³/mol. The van der Waals surface area contributed by atoms with Crippen molar-refractivity contribution in [1.82, 2.24) is 19.6 Å². The summed E-state index contributed by atoms with van der Waals surface area (Å²) >= 11 is 7.77. The highest BCUT2D eigenvalue weighted by Gasteiger charge is 2.22. The summed E-state index contributed by atoms with van der Waals surface area (Å²) in [4.78, 5) is 29.2. The Balaban J connectivity index is 1.31. The average molecular weight is 458 g/mol. The van der Waals surface area contributed by atoms with Crippen molar-refractivity contribution in [1.29, 1.82) is 0 Å². The lowest BCUT2D eigenvalue weighted by Gasteiger charge is -2.21. The Morgan fingerprint density at radius 2 is 1.97 bits per heavy atom. The molecule has 0 atom stereocenters. The molecular weight excluding hydrogens is 434 g/mol. The molecule has 1 N–H and O–H groups in total. The minimum absolute atomic E-state index is 0.0658. The highest BCUT2D eigenvalue weighted by Crippen LogP contribution is 2.18. The Labute approximate surface area is 190 Å². The van der Waals surface area contributed by atoms with E-state index in [0.29, 0.717) is 37.0 Å². The first-order chi connectivity index (χ1) is 15.1. The smallest absolute Gasteiger partial charge is 0.254 e. The summed E-state index contributed by atoms with van der Waals surface area (Å²) in [5, 5.41) is 11.7. The number of nitrogens with one attached hydrogen (secondary N) is 1. The van der Waals surface area contributed by atoms with E-state index in [1.54, 1.807) is 16.9 Å². The minimum atomic E-state index is -0.0986. The number of hydrogen-bond acceptors (Lipinski definition) is 5. The Kier molecular flexibility index (Phi) is 7.01. The van der Waals surface area contributed by atoms with Gasteiger partial charge in [-0.15, -0.1) is 0 Å². The van der Waals surface area contributed by atoms with Crippen molar-refractivity contribution in [2.45, 2.75) is 13.0 Å². The summed E-state index contributed by atoms with van der Waals surface area (Å²) in [5.41, 5.74) is 1.68. The van der Waals surface area contributed by atoms with Crippen molar-refractivity contribution < 1.29 is 9.59 Å². The number of anilines is 1. The van der Waals surface area contributed by atoms with Gasteiger partial charge >= 0.3 is 0 Å². The fourth-order valence-corrected chi connectivity index (χ4v) is 4.46. The fourth-order valence-electron chi connectivity index (χ4n) is 3.64. The standard InChI is InChI=1S/C22H24ClN5O2S/c23-19-5-2-1-4-17(19)14-28-20(6-8-24-28)25-21(29)15-26-9-3-10-27(12-11-26)22(30)18-7-13-31-16-18/h1-2,4-8,13,16H,3,9-12,14-15H2,(H,25,29). The molecule has 0 bridgehead atoms. The van der Waals surface area contributed by atoms with Crippen LogP contribution in [-0.2, 0) is 11.3 Å². The number of benzene rings is 1.